The van der Waals surface area contributed by atoms with E-state index >= 15 is 0 Å². The summed E-state index contributed by atoms with van der Waals surface area (Å²) in [7, 11) is 0. The molecule has 0 radical (unpaired) electrons. The third-order valence-corrected chi connectivity index (χ3v) is 5.15. The highest BCUT2D eigenvalue weighted by Gasteiger charge is 2.48. The second-order valence-electron chi connectivity index (χ2n) is 7.48. The van der Waals surface area contributed by atoms with Crippen LogP contribution in [0.4, 0.5) is 0 Å². The zero-order valence-corrected chi connectivity index (χ0v) is 14.7. The molecule has 5 heteroatoms. The van der Waals surface area contributed by atoms with Gasteiger partial charge in [0, 0.05) is 6.54 Å². The molecule has 134 valence electrons. The molecule has 1 aliphatic rings. The lowest BCUT2D eigenvalue weighted by molar-refractivity contribution is -0.156. The van der Waals surface area contributed by atoms with Crippen LogP contribution in [0.3, 0.4) is 0 Å². The fourth-order valence-electron chi connectivity index (χ4n) is 3.83. The Morgan fingerprint density at radius 1 is 1.38 bits per heavy atom. The van der Waals surface area contributed by atoms with Gasteiger partial charge in [0.05, 0.1) is 6.10 Å². The fraction of sp³-hybridized carbons (Fsp3) is 0.632. The number of aliphatic hydroxyl groups excluding tert-OH is 1. The summed E-state index contributed by atoms with van der Waals surface area (Å²) >= 11 is 0. The SMILES string of the molecule is CC1CCC(C(C)C)[C@@](O)(C(=O)NCC(O)c2cccc(O)c2)C1. The lowest BCUT2D eigenvalue weighted by Gasteiger charge is -2.43. The van der Waals surface area contributed by atoms with Crippen LogP contribution in [0, 0.1) is 17.8 Å². The molecule has 1 saturated carbocycles. The van der Waals surface area contributed by atoms with Gasteiger partial charge in [-0.25, -0.2) is 0 Å². The maximum atomic E-state index is 12.7. The van der Waals surface area contributed by atoms with Crippen molar-refractivity contribution in [2.24, 2.45) is 17.8 Å². The molecule has 3 unspecified atom stereocenters. The smallest absolute Gasteiger partial charge is 0.252 e. The molecule has 1 aliphatic carbocycles. The number of amides is 1. The van der Waals surface area contributed by atoms with Crippen LogP contribution in [-0.4, -0.2) is 33.4 Å². The van der Waals surface area contributed by atoms with Crippen LogP contribution in [0.2, 0.25) is 0 Å². The van der Waals surface area contributed by atoms with Crippen LogP contribution in [0.1, 0.15) is 51.7 Å². The van der Waals surface area contributed by atoms with E-state index in [9.17, 15) is 20.1 Å². The summed E-state index contributed by atoms with van der Waals surface area (Å²) in [5.41, 5.74) is -0.857. The molecule has 0 spiro atoms. The number of aliphatic hydroxyl groups is 2. The van der Waals surface area contributed by atoms with E-state index < -0.39 is 17.6 Å². The predicted octanol–water partition coefficient (Wildman–Crippen LogP) is 2.37. The minimum Gasteiger partial charge on any atom is -0.508 e. The highest BCUT2D eigenvalue weighted by atomic mass is 16.3. The Hall–Kier alpha value is -1.59. The Labute approximate surface area is 143 Å². The van der Waals surface area contributed by atoms with E-state index in [0.29, 0.717) is 17.9 Å². The molecule has 2 rings (SSSR count). The first-order chi connectivity index (χ1) is 11.2. The van der Waals surface area contributed by atoms with Gasteiger partial charge >= 0.3 is 0 Å². The van der Waals surface area contributed by atoms with Crippen LogP contribution in [0.5, 0.6) is 5.75 Å². The first-order valence-corrected chi connectivity index (χ1v) is 8.71. The number of phenols is 1. The number of nitrogens with one attached hydrogen (secondary N) is 1. The first-order valence-electron chi connectivity index (χ1n) is 8.71. The van der Waals surface area contributed by atoms with Gasteiger partial charge in [0.1, 0.15) is 11.4 Å². The summed E-state index contributed by atoms with van der Waals surface area (Å²) in [6, 6.07) is 6.31. The molecule has 0 aliphatic heterocycles. The molecule has 0 bridgehead atoms. The van der Waals surface area contributed by atoms with Crippen molar-refractivity contribution in [3.05, 3.63) is 29.8 Å². The number of benzene rings is 1. The first kappa shape index (κ1) is 18.7. The van der Waals surface area contributed by atoms with Crippen LogP contribution in [0.15, 0.2) is 24.3 Å². The predicted molar refractivity (Wildman–Crippen MR) is 92.4 cm³/mol. The molecule has 4 N–H and O–H groups in total. The van der Waals surface area contributed by atoms with Crippen molar-refractivity contribution in [1.82, 2.24) is 5.32 Å². The van der Waals surface area contributed by atoms with Crippen molar-refractivity contribution >= 4 is 5.91 Å². The Bertz CT molecular complexity index is 574. The zero-order chi connectivity index (χ0) is 17.9. The van der Waals surface area contributed by atoms with Gasteiger partial charge in [-0.05, 0) is 48.3 Å². The number of rotatable bonds is 5. The largest absolute Gasteiger partial charge is 0.508 e. The van der Waals surface area contributed by atoms with Crippen LogP contribution < -0.4 is 5.32 Å². The van der Waals surface area contributed by atoms with E-state index in [0.717, 1.165) is 12.8 Å². The quantitative estimate of drug-likeness (QED) is 0.665. The van der Waals surface area contributed by atoms with Crippen molar-refractivity contribution < 1.29 is 20.1 Å². The number of carbonyl (C=O) groups excluding carboxylic acids is 1. The molecule has 4 atom stereocenters. The topological polar surface area (TPSA) is 89.8 Å². The van der Waals surface area contributed by atoms with Crippen molar-refractivity contribution in [1.29, 1.82) is 0 Å². The summed E-state index contributed by atoms with van der Waals surface area (Å²) in [6.07, 6.45) is 1.37. The molecule has 0 heterocycles. The van der Waals surface area contributed by atoms with Crippen molar-refractivity contribution in [3.63, 3.8) is 0 Å². The Morgan fingerprint density at radius 3 is 2.71 bits per heavy atom. The molecular weight excluding hydrogens is 306 g/mol. The maximum Gasteiger partial charge on any atom is 0.252 e. The molecule has 24 heavy (non-hydrogen) atoms. The van der Waals surface area contributed by atoms with Crippen molar-refractivity contribution in [2.45, 2.75) is 51.7 Å². The monoisotopic (exact) mass is 335 g/mol. The molecular formula is C19H29NO4. The van der Waals surface area contributed by atoms with Gasteiger partial charge in [0.2, 0.25) is 0 Å². The minimum atomic E-state index is -1.38. The Balaban J connectivity index is 2.04. The summed E-state index contributed by atoms with van der Waals surface area (Å²) in [5.74, 6) is 0.0898. The van der Waals surface area contributed by atoms with Crippen molar-refractivity contribution in [3.8, 4) is 5.75 Å². The number of hydrogen-bond acceptors (Lipinski definition) is 4. The van der Waals surface area contributed by atoms with Gasteiger partial charge in [-0.15, -0.1) is 0 Å². The van der Waals surface area contributed by atoms with E-state index in [-0.39, 0.29) is 24.1 Å². The summed E-state index contributed by atoms with van der Waals surface area (Å²) in [5, 5.41) is 33.4. The van der Waals surface area contributed by atoms with E-state index in [1.807, 2.05) is 13.8 Å². The highest BCUT2D eigenvalue weighted by Crippen LogP contribution is 2.41. The average Bonchev–Trinajstić information content (AvgIpc) is 2.51. The van der Waals surface area contributed by atoms with E-state index in [1.165, 1.54) is 12.1 Å². The minimum absolute atomic E-state index is 0.00376. The Morgan fingerprint density at radius 2 is 2.08 bits per heavy atom. The van der Waals surface area contributed by atoms with E-state index in [2.05, 4.69) is 12.2 Å². The second-order valence-corrected chi connectivity index (χ2v) is 7.48. The van der Waals surface area contributed by atoms with Gasteiger partial charge < -0.3 is 20.6 Å². The Kier molecular flexibility index (Phi) is 5.88. The lowest BCUT2D eigenvalue weighted by atomic mass is 9.66. The van der Waals surface area contributed by atoms with Gasteiger partial charge in [0.15, 0.2) is 0 Å². The highest BCUT2D eigenvalue weighted by molar-refractivity contribution is 5.85. The van der Waals surface area contributed by atoms with Crippen LogP contribution in [-0.2, 0) is 4.79 Å². The normalized spacial score (nSPS) is 28.6. The van der Waals surface area contributed by atoms with Gasteiger partial charge in [-0.3, -0.25) is 4.79 Å². The molecule has 1 fully saturated rings. The van der Waals surface area contributed by atoms with E-state index in [1.54, 1.807) is 12.1 Å². The van der Waals surface area contributed by atoms with Gasteiger partial charge in [-0.2, -0.15) is 0 Å². The molecule has 5 nitrogen and oxygen atoms in total. The number of aromatic hydroxyl groups is 1. The van der Waals surface area contributed by atoms with Crippen LogP contribution >= 0.6 is 0 Å². The zero-order valence-electron chi connectivity index (χ0n) is 14.7. The summed E-state index contributed by atoms with van der Waals surface area (Å²) in [4.78, 5) is 12.7. The molecule has 0 aromatic heterocycles. The fourth-order valence-corrected chi connectivity index (χ4v) is 3.83. The molecule has 1 amide bonds. The number of hydrogen-bond donors (Lipinski definition) is 4. The number of carbonyl (C=O) groups is 1. The number of phenolic OH excluding ortho intramolecular Hbond substituents is 1. The van der Waals surface area contributed by atoms with Crippen LogP contribution in [0.25, 0.3) is 0 Å². The standard InChI is InChI=1S/C19H29NO4/c1-12(2)16-8-7-13(3)10-19(16,24)18(23)20-11-17(22)14-5-4-6-15(21)9-14/h4-6,9,12-13,16-17,21-22,24H,7-8,10-11H2,1-3H3,(H,20,23)/t13?,16?,17?,19-/m1/s1. The molecule has 1 aromatic rings. The van der Waals surface area contributed by atoms with Gasteiger partial charge in [0.25, 0.3) is 5.91 Å². The second kappa shape index (κ2) is 7.53. The van der Waals surface area contributed by atoms with E-state index in [4.69, 9.17) is 0 Å². The van der Waals surface area contributed by atoms with Gasteiger partial charge in [-0.1, -0.05) is 39.3 Å². The lowest BCUT2D eigenvalue weighted by Crippen LogP contribution is -2.56. The molecule has 0 saturated heterocycles. The molecule has 1 aromatic carbocycles. The third-order valence-electron chi connectivity index (χ3n) is 5.15. The summed E-state index contributed by atoms with van der Waals surface area (Å²) in [6.45, 7) is 6.11. The average molecular weight is 335 g/mol. The van der Waals surface area contributed by atoms with Crippen molar-refractivity contribution in [2.75, 3.05) is 6.54 Å². The summed E-state index contributed by atoms with van der Waals surface area (Å²) < 4.78 is 0. The third kappa shape index (κ3) is 4.08. The maximum absolute atomic E-state index is 12.7.